The first-order valence-corrected chi connectivity index (χ1v) is 20.4. The van der Waals surface area contributed by atoms with Crippen LogP contribution in [0.2, 0.25) is 0 Å². The SMILES string of the molecule is CSc1ccc(C(=C(c2ccc(SC)cc2)c2ccc(SCCCCCCCCBr)cc2)c2ccc(SC)cc2)cc1. The van der Waals surface area contributed by atoms with Crippen LogP contribution in [0.15, 0.2) is 117 Å². The highest BCUT2D eigenvalue weighted by molar-refractivity contribution is 9.09. The van der Waals surface area contributed by atoms with Crippen molar-refractivity contribution in [3.05, 3.63) is 119 Å². The van der Waals surface area contributed by atoms with Gasteiger partial charge in [-0.1, -0.05) is 90.1 Å². The van der Waals surface area contributed by atoms with Crippen LogP contribution in [0.4, 0.5) is 0 Å². The maximum absolute atomic E-state index is 3.54. The van der Waals surface area contributed by atoms with E-state index in [4.69, 9.17) is 0 Å². The number of benzene rings is 4. The molecule has 0 radical (unpaired) electrons. The van der Waals surface area contributed by atoms with Crippen molar-refractivity contribution in [1.29, 1.82) is 0 Å². The van der Waals surface area contributed by atoms with Gasteiger partial charge in [0.2, 0.25) is 0 Å². The maximum Gasteiger partial charge on any atom is 0.00723 e. The molecule has 4 aromatic rings. The van der Waals surface area contributed by atoms with Crippen molar-refractivity contribution in [1.82, 2.24) is 0 Å². The summed E-state index contributed by atoms with van der Waals surface area (Å²) in [6.07, 6.45) is 14.4. The highest BCUT2D eigenvalue weighted by atomic mass is 79.9. The van der Waals surface area contributed by atoms with Gasteiger partial charge < -0.3 is 0 Å². The molecule has 0 unspecified atom stereocenters. The molecule has 0 aromatic heterocycles. The molecule has 0 spiro atoms. The van der Waals surface area contributed by atoms with Gasteiger partial charge in [-0.3, -0.25) is 0 Å². The smallest absolute Gasteiger partial charge is 0.00723 e. The van der Waals surface area contributed by atoms with Crippen LogP contribution in [0.25, 0.3) is 11.1 Å². The second-order valence-electron chi connectivity index (χ2n) is 10.1. The predicted molar refractivity (Wildman–Crippen MR) is 198 cm³/mol. The van der Waals surface area contributed by atoms with Crippen molar-refractivity contribution in [3.8, 4) is 0 Å². The molecule has 0 aliphatic rings. The second kappa shape index (κ2) is 18.3. The molecule has 0 fully saturated rings. The quantitative estimate of drug-likeness (QED) is 0.0496. The van der Waals surface area contributed by atoms with Crippen molar-refractivity contribution in [2.45, 2.75) is 58.1 Å². The Morgan fingerprint density at radius 1 is 0.429 bits per heavy atom. The van der Waals surface area contributed by atoms with Gasteiger partial charge in [-0.2, -0.15) is 0 Å². The van der Waals surface area contributed by atoms with Gasteiger partial charge in [0, 0.05) is 24.9 Å². The van der Waals surface area contributed by atoms with Crippen molar-refractivity contribution >= 4 is 74.1 Å². The number of unbranched alkanes of at least 4 members (excludes halogenated alkanes) is 5. The Morgan fingerprint density at radius 3 is 1.07 bits per heavy atom. The van der Waals surface area contributed by atoms with Crippen molar-refractivity contribution < 1.29 is 0 Å². The van der Waals surface area contributed by atoms with E-state index in [2.05, 4.69) is 132 Å². The molecule has 0 bridgehead atoms. The molecule has 42 heavy (non-hydrogen) atoms. The normalized spacial score (nSPS) is 11.0. The average molecular weight is 694 g/mol. The highest BCUT2D eigenvalue weighted by Crippen LogP contribution is 2.39. The Labute approximate surface area is 279 Å². The van der Waals surface area contributed by atoms with E-state index in [0.717, 1.165) is 5.33 Å². The zero-order chi connectivity index (χ0) is 29.6. The van der Waals surface area contributed by atoms with Gasteiger partial charge in [-0.05, 0) is 119 Å². The van der Waals surface area contributed by atoms with Gasteiger partial charge in [0.1, 0.15) is 0 Å². The molecule has 0 saturated heterocycles. The van der Waals surface area contributed by atoms with Crippen LogP contribution in [-0.4, -0.2) is 29.9 Å². The van der Waals surface area contributed by atoms with Gasteiger partial charge in [0.25, 0.3) is 0 Å². The summed E-state index contributed by atoms with van der Waals surface area (Å²) in [5.41, 5.74) is 7.52. The Kier molecular flexibility index (Phi) is 14.6. The number of thioether (sulfide) groups is 4. The van der Waals surface area contributed by atoms with E-state index in [1.54, 1.807) is 35.3 Å². The lowest BCUT2D eigenvalue weighted by atomic mass is 9.86. The molecule has 5 heteroatoms. The summed E-state index contributed by atoms with van der Waals surface area (Å²) in [5, 5.41) is 1.13. The molecule has 0 N–H and O–H groups in total. The maximum atomic E-state index is 3.54. The molecule has 0 saturated carbocycles. The predicted octanol–water partition coefficient (Wildman–Crippen LogP) is 12.7. The molecule has 0 atom stereocenters. The molecule has 0 nitrogen and oxygen atoms in total. The van der Waals surface area contributed by atoms with E-state index in [1.165, 1.54) is 97.3 Å². The number of hydrogen-bond donors (Lipinski definition) is 0. The van der Waals surface area contributed by atoms with E-state index < -0.39 is 0 Å². The molecule has 0 amide bonds. The van der Waals surface area contributed by atoms with Crippen molar-refractivity contribution in [3.63, 3.8) is 0 Å². The third kappa shape index (κ3) is 9.75. The highest BCUT2D eigenvalue weighted by Gasteiger charge is 2.17. The van der Waals surface area contributed by atoms with Crippen LogP contribution < -0.4 is 0 Å². The molecule has 220 valence electrons. The third-order valence-corrected chi connectivity index (χ3v) is 11.2. The lowest BCUT2D eigenvalue weighted by Crippen LogP contribution is -1.98. The van der Waals surface area contributed by atoms with E-state index >= 15 is 0 Å². The molecular formula is C37H41BrS4. The van der Waals surface area contributed by atoms with Crippen LogP contribution in [0.3, 0.4) is 0 Å². The second-order valence-corrected chi connectivity index (χ2v) is 14.7. The minimum Gasteiger partial charge on any atom is -0.130 e. The summed E-state index contributed by atoms with van der Waals surface area (Å²) in [4.78, 5) is 5.19. The first-order chi connectivity index (χ1) is 20.7. The van der Waals surface area contributed by atoms with Gasteiger partial charge in [0.15, 0.2) is 0 Å². The van der Waals surface area contributed by atoms with Crippen molar-refractivity contribution in [2.24, 2.45) is 0 Å². The van der Waals surface area contributed by atoms with E-state index in [-0.39, 0.29) is 0 Å². The molecule has 0 aliphatic carbocycles. The summed E-state index contributed by atoms with van der Waals surface area (Å²) < 4.78 is 0. The summed E-state index contributed by atoms with van der Waals surface area (Å²) in [7, 11) is 0. The first-order valence-electron chi connectivity index (χ1n) is 14.6. The van der Waals surface area contributed by atoms with E-state index in [0.29, 0.717) is 0 Å². The van der Waals surface area contributed by atoms with E-state index in [9.17, 15) is 0 Å². The lowest BCUT2D eigenvalue weighted by molar-refractivity contribution is 0.630. The van der Waals surface area contributed by atoms with Gasteiger partial charge in [-0.15, -0.1) is 47.0 Å². The Balaban J connectivity index is 1.70. The number of halogens is 1. The average Bonchev–Trinajstić information content (AvgIpc) is 3.05. The molecule has 4 rings (SSSR count). The summed E-state index contributed by atoms with van der Waals surface area (Å²) in [6, 6.07) is 36.4. The van der Waals surface area contributed by atoms with E-state index in [1.807, 2.05) is 11.8 Å². The topological polar surface area (TPSA) is 0 Å². The number of rotatable bonds is 16. The van der Waals surface area contributed by atoms with Crippen LogP contribution >= 0.6 is 63.0 Å². The monoisotopic (exact) mass is 692 g/mol. The summed E-state index contributed by atoms with van der Waals surface area (Å²) >= 11 is 10.9. The van der Waals surface area contributed by atoms with Crippen molar-refractivity contribution in [2.75, 3.05) is 29.9 Å². The van der Waals surface area contributed by atoms with Crippen LogP contribution in [0.5, 0.6) is 0 Å². The van der Waals surface area contributed by atoms with Crippen LogP contribution in [-0.2, 0) is 0 Å². The summed E-state index contributed by atoms with van der Waals surface area (Å²) in [6.45, 7) is 0. The molecule has 4 aromatic carbocycles. The standard InChI is InChI=1S/C37H41BrS4/c1-39-32-18-10-28(11-19-32)36(29-12-20-33(40-2)21-13-29)37(30-14-22-34(41-3)23-15-30)31-16-24-35(25-17-31)42-27-9-7-5-4-6-8-26-38/h10-25H,4-9,26-27H2,1-3H3. The Hall–Kier alpha value is -1.50. The minimum absolute atomic E-state index is 1.13. The minimum atomic E-state index is 1.13. The fraction of sp³-hybridized carbons (Fsp3) is 0.297. The largest absolute Gasteiger partial charge is 0.130 e. The van der Waals surface area contributed by atoms with Gasteiger partial charge in [0.05, 0.1) is 0 Å². The van der Waals surface area contributed by atoms with Crippen LogP contribution in [0, 0.1) is 0 Å². The molecule has 0 heterocycles. The molecule has 0 aliphatic heterocycles. The van der Waals surface area contributed by atoms with Gasteiger partial charge in [-0.25, -0.2) is 0 Å². The zero-order valence-electron chi connectivity index (χ0n) is 24.9. The fourth-order valence-electron chi connectivity index (χ4n) is 5.00. The Bertz CT molecular complexity index is 1330. The summed E-state index contributed by atoms with van der Waals surface area (Å²) in [5.74, 6) is 1.19. The lowest BCUT2D eigenvalue weighted by Gasteiger charge is -2.19. The van der Waals surface area contributed by atoms with Crippen LogP contribution in [0.1, 0.15) is 60.8 Å². The zero-order valence-corrected chi connectivity index (χ0v) is 29.8. The third-order valence-electron chi connectivity index (χ3n) is 7.33. The fourth-order valence-corrected chi connectivity index (χ4v) is 7.53. The Morgan fingerprint density at radius 2 is 0.738 bits per heavy atom. The number of alkyl halides is 1. The number of hydrogen-bond acceptors (Lipinski definition) is 4. The first kappa shape index (κ1) is 33.4. The van der Waals surface area contributed by atoms with Gasteiger partial charge >= 0.3 is 0 Å². The molecular weight excluding hydrogens is 653 g/mol.